The summed E-state index contributed by atoms with van der Waals surface area (Å²) in [5.74, 6) is -3.90. The smallest absolute Gasteiger partial charge is 0.325 e. The van der Waals surface area contributed by atoms with Gasteiger partial charge in [0.25, 0.3) is 0 Å². The van der Waals surface area contributed by atoms with E-state index >= 15 is 0 Å². The summed E-state index contributed by atoms with van der Waals surface area (Å²) in [6, 6.07) is -4.22. The number of hydrogen-bond donors (Lipinski definition) is 7. The Morgan fingerprint density at radius 1 is 0.862 bits per heavy atom. The summed E-state index contributed by atoms with van der Waals surface area (Å²) in [5.41, 5.74) is 16.0. The number of aliphatic carboxylic acids is 1. The quantitative estimate of drug-likeness (QED) is 0.147. The van der Waals surface area contributed by atoms with Crippen LogP contribution in [-0.4, -0.2) is 65.4 Å². The van der Waals surface area contributed by atoms with Crippen LogP contribution in [0.4, 0.5) is 0 Å². The van der Waals surface area contributed by atoms with Gasteiger partial charge in [-0.05, 0) is 46.1 Å². The third-order valence-electron chi connectivity index (χ3n) is 4.04. The van der Waals surface area contributed by atoms with Crippen LogP contribution in [-0.2, 0) is 24.0 Å². The minimum absolute atomic E-state index is 0.0811. The van der Waals surface area contributed by atoms with Crippen LogP contribution < -0.4 is 33.2 Å². The van der Waals surface area contributed by atoms with Crippen molar-refractivity contribution in [1.82, 2.24) is 16.0 Å². The van der Waals surface area contributed by atoms with E-state index in [-0.39, 0.29) is 19.3 Å². The standard InChI is InChI=1S/C17H32N6O6/c1-9(19)14(25)22-12(6-7-13(20)24)16(27)23-11(5-3-4-8-18)15(26)21-10(2)17(28)29/h9-12H,3-8,18-19H2,1-2H3,(H2,20,24)(H,21,26)(H,22,25)(H,23,27)(H,28,29). The molecule has 4 unspecified atom stereocenters. The zero-order valence-corrected chi connectivity index (χ0v) is 16.8. The molecule has 0 aromatic carbocycles. The summed E-state index contributed by atoms with van der Waals surface area (Å²) in [6.45, 7) is 3.10. The molecule has 166 valence electrons. The third kappa shape index (κ3) is 11.0. The van der Waals surface area contributed by atoms with Crippen molar-refractivity contribution in [3.63, 3.8) is 0 Å². The van der Waals surface area contributed by atoms with Crippen LogP contribution in [0.5, 0.6) is 0 Å². The van der Waals surface area contributed by atoms with Gasteiger partial charge in [-0.2, -0.15) is 0 Å². The highest BCUT2D eigenvalue weighted by atomic mass is 16.4. The number of rotatable bonds is 14. The molecule has 0 aliphatic carbocycles. The van der Waals surface area contributed by atoms with Gasteiger partial charge in [0.05, 0.1) is 6.04 Å². The molecule has 0 heterocycles. The van der Waals surface area contributed by atoms with Gasteiger partial charge in [0.1, 0.15) is 18.1 Å². The average molecular weight is 416 g/mol. The first-order valence-electron chi connectivity index (χ1n) is 9.37. The summed E-state index contributed by atoms with van der Waals surface area (Å²) in [7, 11) is 0. The molecular weight excluding hydrogens is 384 g/mol. The third-order valence-corrected chi connectivity index (χ3v) is 4.04. The molecule has 0 spiro atoms. The molecule has 0 saturated heterocycles. The van der Waals surface area contributed by atoms with Crippen molar-refractivity contribution in [3.05, 3.63) is 0 Å². The van der Waals surface area contributed by atoms with Gasteiger partial charge in [-0.1, -0.05) is 0 Å². The average Bonchev–Trinajstić information content (AvgIpc) is 2.63. The Kier molecular flexibility index (Phi) is 12.2. The number of carbonyl (C=O) groups excluding carboxylic acids is 4. The first-order chi connectivity index (χ1) is 13.5. The molecule has 29 heavy (non-hydrogen) atoms. The van der Waals surface area contributed by atoms with E-state index in [4.69, 9.17) is 22.3 Å². The van der Waals surface area contributed by atoms with Gasteiger partial charge >= 0.3 is 5.97 Å². The molecule has 12 heteroatoms. The van der Waals surface area contributed by atoms with Crippen LogP contribution in [0.2, 0.25) is 0 Å². The van der Waals surface area contributed by atoms with E-state index in [0.29, 0.717) is 19.4 Å². The van der Waals surface area contributed by atoms with Crippen molar-refractivity contribution in [1.29, 1.82) is 0 Å². The van der Waals surface area contributed by atoms with Crippen molar-refractivity contribution in [3.8, 4) is 0 Å². The summed E-state index contributed by atoms with van der Waals surface area (Å²) < 4.78 is 0. The lowest BCUT2D eigenvalue weighted by Gasteiger charge is -2.24. The molecule has 4 amide bonds. The first kappa shape index (κ1) is 26.3. The number of nitrogens with two attached hydrogens (primary N) is 3. The Hall–Kier alpha value is -2.73. The fourth-order valence-corrected chi connectivity index (χ4v) is 2.27. The highest BCUT2D eigenvalue weighted by Crippen LogP contribution is 2.05. The van der Waals surface area contributed by atoms with Crippen LogP contribution in [0.1, 0.15) is 46.0 Å². The van der Waals surface area contributed by atoms with Gasteiger partial charge < -0.3 is 38.3 Å². The van der Waals surface area contributed by atoms with Crippen LogP contribution in [0.25, 0.3) is 0 Å². The number of hydrogen-bond acceptors (Lipinski definition) is 7. The maximum atomic E-state index is 12.6. The minimum atomic E-state index is -1.23. The van der Waals surface area contributed by atoms with Crippen molar-refractivity contribution in [2.75, 3.05) is 6.54 Å². The zero-order chi connectivity index (χ0) is 22.6. The van der Waals surface area contributed by atoms with Crippen molar-refractivity contribution in [2.24, 2.45) is 17.2 Å². The number of unbranched alkanes of at least 4 members (excludes halogenated alkanes) is 1. The Morgan fingerprint density at radius 2 is 1.38 bits per heavy atom. The fourth-order valence-electron chi connectivity index (χ4n) is 2.27. The predicted molar refractivity (Wildman–Crippen MR) is 104 cm³/mol. The predicted octanol–water partition coefficient (Wildman–Crippen LogP) is -2.71. The molecule has 0 saturated carbocycles. The Bertz CT molecular complexity index is 597. The van der Waals surface area contributed by atoms with E-state index in [1.807, 2.05) is 0 Å². The molecule has 0 fully saturated rings. The molecule has 4 atom stereocenters. The van der Waals surface area contributed by atoms with Gasteiger partial charge in [-0.15, -0.1) is 0 Å². The van der Waals surface area contributed by atoms with E-state index < -0.39 is 53.8 Å². The monoisotopic (exact) mass is 416 g/mol. The molecule has 0 aliphatic heterocycles. The lowest BCUT2D eigenvalue weighted by molar-refractivity contribution is -0.141. The molecule has 0 radical (unpaired) electrons. The number of carboxylic acid groups (broad SMARTS) is 1. The molecule has 0 aromatic rings. The molecular formula is C17H32N6O6. The zero-order valence-electron chi connectivity index (χ0n) is 16.8. The van der Waals surface area contributed by atoms with E-state index in [0.717, 1.165) is 0 Å². The topological polar surface area (TPSA) is 220 Å². The Morgan fingerprint density at radius 3 is 1.86 bits per heavy atom. The number of nitrogens with one attached hydrogen (secondary N) is 3. The second kappa shape index (κ2) is 13.4. The van der Waals surface area contributed by atoms with Crippen LogP contribution in [0.3, 0.4) is 0 Å². The van der Waals surface area contributed by atoms with Crippen molar-refractivity contribution >= 4 is 29.6 Å². The van der Waals surface area contributed by atoms with Gasteiger partial charge in [0, 0.05) is 6.42 Å². The summed E-state index contributed by atoms with van der Waals surface area (Å²) >= 11 is 0. The summed E-state index contributed by atoms with van der Waals surface area (Å²) in [4.78, 5) is 58.9. The van der Waals surface area contributed by atoms with Gasteiger partial charge in [-0.3, -0.25) is 24.0 Å². The highest BCUT2D eigenvalue weighted by molar-refractivity contribution is 5.94. The van der Waals surface area contributed by atoms with E-state index in [1.165, 1.54) is 13.8 Å². The van der Waals surface area contributed by atoms with Crippen LogP contribution >= 0.6 is 0 Å². The maximum Gasteiger partial charge on any atom is 0.325 e. The fraction of sp³-hybridized carbons (Fsp3) is 0.706. The molecule has 0 rings (SSSR count). The lowest BCUT2D eigenvalue weighted by atomic mass is 10.1. The number of primary amides is 1. The summed E-state index contributed by atoms with van der Waals surface area (Å²) in [6.07, 6.45) is 1.07. The highest BCUT2D eigenvalue weighted by Gasteiger charge is 2.28. The Labute approximate surface area is 169 Å². The number of amides is 4. The first-order valence-corrected chi connectivity index (χ1v) is 9.37. The Balaban J connectivity index is 5.28. The number of carboxylic acids is 1. The molecule has 0 bridgehead atoms. The molecule has 0 aromatic heterocycles. The molecule has 10 N–H and O–H groups in total. The largest absolute Gasteiger partial charge is 0.480 e. The molecule has 12 nitrogen and oxygen atoms in total. The normalized spacial score (nSPS) is 14.8. The van der Waals surface area contributed by atoms with E-state index in [2.05, 4.69) is 16.0 Å². The second-order valence-electron chi connectivity index (χ2n) is 6.77. The second-order valence-corrected chi connectivity index (χ2v) is 6.77. The van der Waals surface area contributed by atoms with E-state index in [1.54, 1.807) is 0 Å². The lowest BCUT2D eigenvalue weighted by Crippen LogP contribution is -2.56. The summed E-state index contributed by atoms with van der Waals surface area (Å²) in [5, 5.41) is 16.2. The SMILES string of the molecule is CC(N)C(=O)NC(CCC(N)=O)C(=O)NC(CCCCN)C(=O)NC(C)C(=O)O. The maximum absolute atomic E-state index is 12.6. The van der Waals surface area contributed by atoms with Gasteiger partial charge in [0.15, 0.2) is 0 Å². The molecule has 0 aliphatic rings. The van der Waals surface area contributed by atoms with Crippen molar-refractivity contribution in [2.45, 2.75) is 70.1 Å². The minimum Gasteiger partial charge on any atom is -0.480 e. The van der Waals surface area contributed by atoms with Gasteiger partial charge in [0.2, 0.25) is 23.6 Å². The number of carbonyl (C=O) groups is 5. The van der Waals surface area contributed by atoms with Gasteiger partial charge in [-0.25, -0.2) is 0 Å². The van der Waals surface area contributed by atoms with Crippen molar-refractivity contribution < 1.29 is 29.1 Å². The van der Waals surface area contributed by atoms with Crippen LogP contribution in [0, 0.1) is 0 Å². The van der Waals surface area contributed by atoms with Crippen LogP contribution in [0.15, 0.2) is 0 Å². The van der Waals surface area contributed by atoms with E-state index in [9.17, 15) is 24.0 Å².